The summed E-state index contributed by atoms with van der Waals surface area (Å²) in [4.78, 5) is 4.67. The van der Waals surface area contributed by atoms with Gasteiger partial charge in [0.2, 0.25) is 0 Å². The van der Waals surface area contributed by atoms with Crippen molar-refractivity contribution < 1.29 is 4.74 Å². The van der Waals surface area contributed by atoms with Gasteiger partial charge in [-0.1, -0.05) is 18.3 Å². The first-order valence-electron chi connectivity index (χ1n) is 7.11. The van der Waals surface area contributed by atoms with Gasteiger partial charge < -0.3 is 10.1 Å². The maximum Gasteiger partial charge on any atom is 0.184 e. The number of fused-ring (bicyclic) bond motifs is 1. The zero-order valence-electron chi connectivity index (χ0n) is 11.9. The van der Waals surface area contributed by atoms with Crippen LogP contribution < -0.4 is 10.1 Å². The standard InChI is InChI=1S/C15H20N2OS2/c1-3-19-12-6-4-10(8-12)16-15-17-13-7-5-11(18-2)9-14(13)20-15/h5,7,9-10,12H,3-4,6,8H2,1-2H3,(H,16,17). The van der Waals surface area contributed by atoms with Gasteiger partial charge in [0.25, 0.3) is 0 Å². The van der Waals surface area contributed by atoms with E-state index in [1.165, 1.54) is 29.7 Å². The Labute approximate surface area is 128 Å². The van der Waals surface area contributed by atoms with Crippen LogP contribution >= 0.6 is 23.1 Å². The summed E-state index contributed by atoms with van der Waals surface area (Å²) in [6, 6.07) is 6.64. The first-order chi connectivity index (χ1) is 9.78. The minimum atomic E-state index is 0.585. The van der Waals surface area contributed by atoms with Crippen LogP contribution in [0.5, 0.6) is 5.75 Å². The molecule has 0 aliphatic heterocycles. The molecule has 0 bridgehead atoms. The second-order valence-corrected chi connectivity index (χ2v) is 7.69. The van der Waals surface area contributed by atoms with E-state index in [1.807, 2.05) is 12.1 Å². The van der Waals surface area contributed by atoms with E-state index in [1.54, 1.807) is 18.4 Å². The zero-order valence-corrected chi connectivity index (χ0v) is 13.5. The summed E-state index contributed by atoms with van der Waals surface area (Å²) < 4.78 is 6.45. The van der Waals surface area contributed by atoms with Gasteiger partial charge in [0.1, 0.15) is 5.75 Å². The third-order valence-corrected chi connectivity index (χ3v) is 5.89. The Morgan fingerprint density at radius 1 is 1.45 bits per heavy atom. The largest absolute Gasteiger partial charge is 0.497 e. The quantitative estimate of drug-likeness (QED) is 0.888. The average molecular weight is 308 g/mol. The van der Waals surface area contributed by atoms with E-state index in [0.717, 1.165) is 21.6 Å². The molecule has 2 aromatic rings. The number of nitrogens with zero attached hydrogens (tertiary/aromatic N) is 1. The Bertz CT molecular complexity index is 584. The first-order valence-corrected chi connectivity index (χ1v) is 8.97. The second kappa shape index (κ2) is 6.22. The Morgan fingerprint density at radius 2 is 2.35 bits per heavy atom. The Kier molecular flexibility index (Phi) is 4.36. The fraction of sp³-hybridized carbons (Fsp3) is 0.533. The highest BCUT2D eigenvalue weighted by atomic mass is 32.2. The van der Waals surface area contributed by atoms with Crippen molar-refractivity contribution in [3.63, 3.8) is 0 Å². The van der Waals surface area contributed by atoms with Crippen LogP contribution in [0, 0.1) is 0 Å². The number of aromatic nitrogens is 1. The molecular formula is C15H20N2OS2. The molecule has 0 amide bonds. The minimum Gasteiger partial charge on any atom is -0.497 e. The summed E-state index contributed by atoms with van der Waals surface area (Å²) in [7, 11) is 1.70. The van der Waals surface area contributed by atoms with Crippen molar-refractivity contribution in [2.75, 3.05) is 18.2 Å². The van der Waals surface area contributed by atoms with Crippen molar-refractivity contribution in [3.05, 3.63) is 18.2 Å². The Balaban J connectivity index is 1.69. The number of benzene rings is 1. The number of rotatable bonds is 5. The Morgan fingerprint density at radius 3 is 3.15 bits per heavy atom. The van der Waals surface area contributed by atoms with Crippen molar-refractivity contribution in [1.82, 2.24) is 4.98 Å². The molecule has 108 valence electrons. The van der Waals surface area contributed by atoms with Crippen LogP contribution in [0.25, 0.3) is 10.2 Å². The van der Waals surface area contributed by atoms with Crippen molar-refractivity contribution in [1.29, 1.82) is 0 Å². The molecule has 1 aliphatic carbocycles. The molecular weight excluding hydrogens is 288 g/mol. The molecule has 1 aromatic heterocycles. The lowest BCUT2D eigenvalue weighted by Crippen LogP contribution is -2.15. The molecule has 1 fully saturated rings. The third-order valence-electron chi connectivity index (χ3n) is 3.71. The molecule has 0 spiro atoms. The maximum absolute atomic E-state index is 5.26. The van der Waals surface area contributed by atoms with Crippen LogP contribution in [0.3, 0.4) is 0 Å². The highest BCUT2D eigenvalue weighted by Gasteiger charge is 2.25. The van der Waals surface area contributed by atoms with E-state index < -0.39 is 0 Å². The summed E-state index contributed by atoms with van der Waals surface area (Å²) in [5, 5.41) is 5.48. The Hall–Kier alpha value is -0.940. The van der Waals surface area contributed by atoms with Crippen LogP contribution in [-0.2, 0) is 0 Å². The topological polar surface area (TPSA) is 34.2 Å². The molecule has 1 heterocycles. The molecule has 0 saturated heterocycles. The smallest absolute Gasteiger partial charge is 0.184 e. The van der Waals surface area contributed by atoms with Gasteiger partial charge in [-0.15, -0.1) is 0 Å². The number of anilines is 1. The lowest BCUT2D eigenvalue weighted by atomic mass is 10.3. The van der Waals surface area contributed by atoms with Crippen LogP contribution in [0.4, 0.5) is 5.13 Å². The number of methoxy groups -OCH3 is 1. The summed E-state index contributed by atoms with van der Waals surface area (Å²) in [5.74, 6) is 2.12. The summed E-state index contributed by atoms with van der Waals surface area (Å²) >= 11 is 3.81. The van der Waals surface area contributed by atoms with E-state index >= 15 is 0 Å². The predicted molar refractivity (Wildman–Crippen MR) is 89.4 cm³/mol. The molecule has 1 aliphatic rings. The zero-order chi connectivity index (χ0) is 13.9. The normalized spacial score (nSPS) is 22.3. The van der Waals surface area contributed by atoms with Gasteiger partial charge in [-0.05, 0) is 43.2 Å². The first kappa shape index (κ1) is 14.0. The van der Waals surface area contributed by atoms with Gasteiger partial charge in [-0.3, -0.25) is 0 Å². The number of thiazole rings is 1. The highest BCUT2D eigenvalue weighted by Crippen LogP contribution is 2.34. The number of nitrogens with one attached hydrogen (secondary N) is 1. The molecule has 5 heteroatoms. The minimum absolute atomic E-state index is 0.585. The predicted octanol–water partition coefficient (Wildman–Crippen LogP) is 4.39. The van der Waals surface area contributed by atoms with E-state index in [0.29, 0.717) is 6.04 Å². The molecule has 3 rings (SSSR count). The number of hydrogen-bond acceptors (Lipinski definition) is 5. The van der Waals surface area contributed by atoms with E-state index in [4.69, 9.17) is 4.74 Å². The highest BCUT2D eigenvalue weighted by molar-refractivity contribution is 7.99. The summed E-state index contributed by atoms with van der Waals surface area (Å²) in [6.07, 6.45) is 3.85. The van der Waals surface area contributed by atoms with Gasteiger partial charge >= 0.3 is 0 Å². The van der Waals surface area contributed by atoms with Gasteiger partial charge in [0.05, 0.1) is 17.3 Å². The molecule has 3 nitrogen and oxygen atoms in total. The molecule has 0 radical (unpaired) electrons. The second-order valence-electron chi connectivity index (χ2n) is 5.08. The van der Waals surface area contributed by atoms with Crippen LogP contribution in [0.1, 0.15) is 26.2 Å². The SMILES string of the molecule is CCSC1CCC(Nc2nc3ccc(OC)cc3s2)C1. The summed E-state index contributed by atoms with van der Waals surface area (Å²) in [6.45, 7) is 2.24. The van der Waals surface area contributed by atoms with Crippen molar-refractivity contribution in [2.24, 2.45) is 0 Å². The van der Waals surface area contributed by atoms with Crippen molar-refractivity contribution >= 4 is 38.4 Å². The van der Waals surface area contributed by atoms with Gasteiger partial charge in [0, 0.05) is 11.3 Å². The van der Waals surface area contributed by atoms with E-state index in [9.17, 15) is 0 Å². The van der Waals surface area contributed by atoms with E-state index in [2.05, 4.69) is 35.1 Å². The van der Waals surface area contributed by atoms with Gasteiger partial charge in [0.15, 0.2) is 5.13 Å². The van der Waals surface area contributed by atoms with Crippen molar-refractivity contribution in [3.8, 4) is 5.75 Å². The fourth-order valence-corrected chi connectivity index (χ4v) is 4.84. The molecule has 1 saturated carbocycles. The summed E-state index contributed by atoms with van der Waals surface area (Å²) in [5.41, 5.74) is 1.05. The van der Waals surface area contributed by atoms with Crippen molar-refractivity contribution in [2.45, 2.75) is 37.5 Å². The van der Waals surface area contributed by atoms with E-state index in [-0.39, 0.29) is 0 Å². The third kappa shape index (κ3) is 3.04. The fourth-order valence-electron chi connectivity index (χ4n) is 2.73. The van der Waals surface area contributed by atoms with Crippen LogP contribution in [-0.4, -0.2) is 29.1 Å². The molecule has 20 heavy (non-hydrogen) atoms. The molecule has 2 atom stereocenters. The number of ether oxygens (including phenoxy) is 1. The van der Waals surface area contributed by atoms with Gasteiger partial charge in [-0.2, -0.15) is 11.8 Å². The lowest BCUT2D eigenvalue weighted by molar-refractivity contribution is 0.415. The lowest BCUT2D eigenvalue weighted by Gasteiger charge is -2.11. The van der Waals surface area contributed by atoms with Gasteiger partial charge in [-0.25, -0.2) is 4.98 Å². The van der Waals surface area contributed by atoms with Crippen LogP contribution in [0.15, 0.2) is 18.2 Å². The number of thioether (sulfide) groups is 1. The molecule has 1 aromatic carbocycles. The molecule has 1 N–H and O–H groups in total. The average Bonchev–Trinajstić information content (AvgIpc) is 3.05. The molecule has 2 unspecified atom stereocenters. The number of hydrogen-bond donors (Lipinski definition) is 1. The maximum atomic E-state index is 5.26. The monoisotopic (exact) mass is 308 g/mol. The van der Waals surface area contributed by atoms with Crippen LogP contribution in [0.2, 0.25) is 0 Å².